The van der Waals surface area contributed by atoms with Gasteiger partial charge in [0.2, 0.25) is 23.6 Å². The van der Waals surface area contributed by atoms with Crippen LogP contribution in [0, 0.1) is 10.8 Å². The van der Waals surface area contributed by atoms with Crippen LogP contribution in [0.25, 0.3) is 0 Å². The molecule has 4 amide bonds. The molecular weight excluding hydrogens is 512 g/mol. The van der Waals surface area contributed by atoms with Crippen LogP contribution in [0.3, 0.4) is 0 Å². The summed E-state index contributed by atoms with van der Waals surface area (Å²) in [5.41, 5.74) is -2.12. The van der Waals surface area contributed by atoms with E-state index in [1.165, 1.54) is 27.7 Å². The number of carbonyl (C=O) groups is 4. The Morgan fingerprint density at radius 1 is 0.722 bits per heavy atom. The first kappa shape index (κ1) is 30.6. The van der Waals surface area contributed by atoms with Gasteiger partial charge >= 0.3 is 0 Å². The summed E-state index contributed by atoms with van der Waals surface area (Å²) in [6.45, 7) is 7.55. The highest BCUT2D eigenvalue weighted by molar-refractivity contribution is 8.77. The van der Waals surface area contributed by atoms with Crippen molar-refractivity contribution in [2.24, 2.45) is 10.8 Å². The maximum atomic E-state index is 12.8. The molecule has 0 saturated carbocycles. The molecule has 2 heterocycles. The van der Waals surface area contributed by atoms with Gasteiger partial charge in [-0.05, 0) is 0 Å². The lowest BCUT2D eigenvalue weighted by Crippen LogP contribution is -2.48. The van der Waals surface area contributed by atoms with E-state index in [2.05, 4.69) is 10.6 Å². The molecule has 2 saturated heterocycles. The van der Waals surface area contributed by atoms with Crippen molar-refractivity contribution in [2.45, 2.75) is 50.4 Å². The second-order valence-corrected chi connectivity index (χ2v) is 13.1. The van der Waals surface area contributed by atoms with Crippen LogP contribution in [-0.4, -0.2) is 129 Å². The van der Waals surface area contributed by atoms with Gasteiger partial charge in [-0.3, -0.25) is 19.2 Å². The fraction of sp³-hybridized carbons (Fsp3) is 0.818. The number of nitrogens with one attached hydrogen (secondary N) is 2. The molecule has 0 spiro atoms. The molecule has 0 radical (unpaired) electrons. The van der Waals surface area contributed by atoms with E-state index in [9.17, 15) is 39.6 Å². The van der Waals surface area contributed by atoms with Crippen LogP contribution < -0.4 is 10.6 Å². The predicted octanol–water partition coefficient (Wildman–Crippen LogP) is -2.22. The number of aliphatic hydroxyl groups excluding tert-OH is 4. The van der Waals surface area contributed by atoms with Crippen molar-refractivity contribution >= 4 is 45.2 Å². The molecule has 14 heteroatoms. The minimum Gasteiger partial charge on any atom is -0.396 e. The smallest absolute Gasteiger partial charge is 0.249 e. The Morgan fingerprint density at radius 2 is 1.03 bits per heavy atom. The van der Waals surface area contributed by atoms with Crippen molar-refractivity contribution in [1.29, 1.82) is 0 Å². The number of hydrogen-bond donors (Lipinski definition) is 6. The van der Waals surface area contributed by atoms with Gasteiger partial charge in [-0.1, -0.05) is 49.3 Å². The number of carbonyl (C=O) groups excluding carboxylic acids is 4. The van der Waals surface area contributed by atoms with Gasteiger partial charge in [0, 0.05) is 50.1 Å². The van der Waals surface area contributed by atoms with Crippen LogP contribution in [-0.2, 0) is 19.2 Å². The van der Waals surface area contributed by atoms with Crippen LogP contribution in [0.1, 0.15) is 27.7 Å². The van der Waals surface area contributed by atoms with Crippen LogP contribution in [0.15, 0.2) is 0 Å². The largest absolute Gasteiger partial charge is 0.396 e. The quantitative estimate of drug-likeness (QED) is 0.0966. The SMILES string of the molecule is CC(C)(CO)C(O)C(=O)NCC(SS[C@H](CNC(=O)C(O)C(C)(C)CO)C(=O)N1CC1)C(=O)N1CC1. The number of nitrogens with zero attached hydrogens (tertiary/aromatic N) is 2. The highest BCUT2D eigenvalue weighted by Crippen LogP contribution is 2.34. The third-order valence-corrected chi connectivity index (χ3v) is 9.11. The average Bonchev–Trinajstić information content (AvgIpc) is 3.76. The van der Waals surface area contributed by atoms with Gasteiger partial charge in [0.15, 0.2) is 0 Å². The Hall–Kier alpha value is -1.58. The molecule has 0 aliphatic carbocycles. The van der Waals surface area contributed by atoms with Crippen molar-refractivity contribution in [1.82, 2.24) is 20.4 Å². The topological polar surface area (TPSA) is 179 Å². The second kappa shape index (κ2) is 12.8. The number of aliphatic hydroxyl groups is 4. The van der Waals surface area contributed by atoms with Gasteiger partial charge in [-0.25, -0.2) is 0 Å². The van der Waals surface area contributed by atoms with Crippen molar-refractivity contribution in [2.75, 3.05) is 52.5 Å². The van der Waals surface area contributed by atoms with E-state index in [0.717, 1.165) is 21.6 Å². The predicted molar refractivity (Wildman–Crippen MR) is 136 cm³/mol. The lowest BCUT2D eigenvalue weighted by Gasteiger charge is -2.28. The third kappa shape index (κ3) is 8.48. The van der Waals surface area contributed by atoms with E-state index in [0.29, 0.717) is 26.2 Å². The number of rotatable bonds is 15. The van der Waals surface area contributed by atoms with Gasteiger partial charge in [0.1, 0.15) is 22.7 Å². The molecule has 206 valence electrons. The average molecular weight is 551 g/mol. The molecule has 6 N–H and O–H groups in total. The monoisotopic (exact) mass is 550 g/mol. The summed E-state index contributed by atoms with van der Waals surface area (Å²) in [4.78, 5) is 53.5. The van der Waals surface area contributed by atoms with E-state index in [1.807, 2.05) is 0 Å². The van der Waals surface area contributed by atoms with Crippen molar-refractivity contribution in [3.05, 3.63) is 0 Å². The maximum absolute atomic E-state index is 12.8. The molecule has 2 aliphatic heterocycles. The summed E-state index contributed by atoms with van der Waals surface area (Å²) in [6.07, 6.45) is -2.95. The van der Waals surface area contributed by atoms with Gasteiger partial charge in [-0.15, -0.1) is 0 Å². The molecule has 4 atom stereocenters. The molecule has 36 heavy (non-hydrogen) atoms. The van der Waals surface area contributed by atoms with E-state index < -0.39 is 58.6 Å². The van der Waals surface area contributed by atoms with Gasteiger partial charge in [0.05, 0.1) is 13.2 Å². The zero-order valence-electron chi connectivity index (χ0n) is 21.1. The normalized spacial score (nSPS) is 18.7. The zero-order chi connectivity index (χ0) is 27.3. The third-order valence-electron chi connectivity index (χ3n) is 6.07. The van der Waals surface area contributed by atoms with E-state index in [-0.39, 0.29) is 24.9 Å². The van der Waals surface area contributed by atoms with Crippen LogP contribution in [0.2, 0.25) is 0 Å². The summed E-state index contributed by atoms with van der Waals surface area (Å²) in [5.74, 6) is -1.86. The van der Waals surface area contributed by atoms with Crippen molar-refractivity contribution < 1.29 is 39.6 Å². The zero-order valence-corrected chi connectivity index (χ0v) is 22.7. The molecule has 2 fully saturated rings. The van der Waals surface area contributed by atoms with E-state index in [1.54, 1.807) is 9.80 Å². The Bertz CT molecular complexity index is 754. The first-order chi connectivity index (χ1) is 16.7. The van der Waals surface area contributed by atoms with Crippen molar-refractivity contribution in [3.63, 3.8) is 0 Å². The summed E-state index contributed by atoms with van der Waals surface area (Å²) in [5, 5.41) is 42.8. The summed E-state index contributed by atoms with van der Waals surface area (Å²) in [6, 6.07) is 0. The van der Waals surface area contributed by atoms with Crippen LogP contribution in [0.5, 0.6) is 0 Å². The molecule has 0 aromatic heterocycles. The Labute approximate surface area is 218 Å². The molecule has 3 unspecified atom stereocenters. The summed E-state index contributed by atoms with van der Waals surface area (Å²) >= 11 is 0. The second-order valence-electron chi connectivity index (χ2n) is 10.4. The number of amides is 4. The van der Waals surface area contributed by atoms with Gasteiger partial charge < -0.3 is 40.9 Å². The first-order valence-corrected chi connectivity index (χ1v) is 14.1. The van der Waals surface area contributed by atoms with E-state index in [4.69, 9.17) is 0 Å². The molecule has 2 rings (SSSR count). The van der Waals surface area contributed by atoms with Crippen LogP contribution in [0.4, 0.5) is 0 Å². The first-order valence-electron chi connectivity index (χ1n) is 11.8. The Kier molecular flexibility index (Phi) is 10.9. The van der Waals surface area contributed by atoms with Crippen molar-refractivity contribution in [3.8, 4) is 0 Å². The van der Waals surface area contributed by atoms with Gasteiger partial charge in [-0.2, -0.15) is 0 Å². The summed E-state index contributed by atoms with van der Waals surface area (Å²) < 4.78 is 0. The fourth-order valence-electron chi connectivity index (χ4n) is 2.87. The highest BCUT2D eigenvalue weighted by Gasteiger charge is 2.39. The lowest BCUT2D eigenvalue weighted by molar-refractivity contribution is -0.138. The van der Waals surface area contributed by atoms with E-state index >= 15 is 0 Å². The Balaban J connectivity index is 2.01. The minimum absolute atomic E-state index is 0.0925. The number of hydrogen-bond acceptors (Lipinski definition) is 10. The molecular formula is C22H38N4O8S2. The highest BCUT2D eigenvalue weighted by atomic mass is 33.1. The molecule has 0 aromatic rings. The van der Waals surface area contributed by atoms with Crippen LogP contribution >= 0.6 is 21.6 Å². The minimum atomic E-state index is -1.47. The fourth-order valence-corrected chi connectivity index (χ4v) is 5.61. The molecule has 2 aliphatic rings. The van der Waals surface area contributed by atoms with Gasteiger partial charge in [0.25, 0.3) is 0 Å². The maximum Gasteiger partial charge on any atom is 0.249 e. The molecule has 12 nitrogen and oxygen atoms in total. The molecule has 0 aromatic carbocycles. The molecule has 0 bridgehead atoms. The Morgan fingerprint density at radius 3 is 1.28 bits per heavy atom. The summed E-state index contributed by atoms with van der Waals surface area (Å²) in [7, 11) is 2.19. The standard InChI is InChI=1S/C22H38N4O8S2/c1-21(2,11-27)15(29)17(31)23-9-13(19(33)25-5-6-25)35-36-14(20(34)26-7-8-26)10-24-18(32)16(30)22(3,4)12-28/h13-16,27-30H,5-12H2,1-4H3,(H,23,31)(H,24,32)/t13-,14?,15?,16?/m1/s1. The lowest BCUT2D eigenvalue weighted by atomic mass is 9.87.